The largest absolute Gasteiger partial charge is 0.472 e. The molecule has 0 rings (SSSR count). The van der Waals surface area contributed by atoms with E-state index in [4.69, 9.17) is 37.0 Å². The summed E-state index contributed by atoms with van der Waals surface area (Å²) in [7, 11) is -9.89. The van der Waals surface area contributed by atoms with Crippen molar-refractivity contribution < 1.29 is 80.2 Å². The highest BCUT2D eigenvalue weighted by atomic mass is 31.2. The van der Waals surface area contributed by atoms with Crippen LogP contribution >= 0.6 is 15.6 Å². The Bertz CT molecular complexity index is 1720. The highest BCUT2D eigenvalue weighted by Gasteiger charge is 2.30. The third-order valence-electron chi connectivity index (χ3n) is 16.6. The maximum Gasteiger partial charge on any atom is 0.472 e. The average Bonchev–Trinajstić information content (AvgIpc) is 3.73. The second-order valence-electron chi connectivity index (χ2n) is 25.6. The minimum Gasteiger partial charge on any atom is -0.462 e. The lowest BCUT2D eigenvalue weighted by Gasteiger charge is -2.21. The maximum absolute atomic E-state index is 13.0. The molecule has 0 aromatic carbocycles. The van der Waals surface area contributed by atoms with Crippen LogP contribution in [0.25, 0.3) is 0 Å². The normalized spacial score (nSPS) is 14.0. The van der Waals surface area contributed by atoms with Crippen molar-refractivity contribution in [1.29, 1.82) is 0 Å². The molecule has 5 atom stereocenters. The van der Waals surface area contributed by atoms with Gasteiger partial charge in [-0.1, -0.05) is 323 Å². The van der Waals surface area contributed by atoms with Gasteiger partial charge in [0.15, 0.2) is 12.2 Å². The van der Waals surface area contributed by atoms with Gasteiger partial charge in [-0.2, -0.15) is 0 Å². The number of aliphatic hydroxyl groups is 1. The van der Waals surface area contributed by atoms with Crippen LogP contribution in [0.2, 0.25) is 0 Å². The van der Waals surface area contributed by atoms with E-state index in [1.54, 1.807) is 0 Å². The number of esters is 4. The van der Waals surface area contributed by atoms with Crippen LogP contribution < -0.4 is 0 Å². The van der Waals surface area contributed by atoms with Crippen LogP contribution in [0.1, 0.15) is 374 Å². The molecule has 0 spiro atoms. The van der Waals surface area contributed by atoms with Gasteiger partial charge in [0.05, 0.1) is 26.4 Å². The Kier molecular flexibility index (Phi) is 64.3. The summed E-state index contributed by atoms with van der Waals surface area (Å²) < 4.78 is 68.3. The van der Waals surface area contributed by atoms with E-state index in [2.05, 4.69) is 27.7 Å². The highest BCUT2D eigenvalue weighted by molar-refractivity contribution is 7.47. The molecule has 0 aromatic heterocycles. The van der Waals surface area contributed by atoms with Crippen molar-refractivity contribution in [1.82, 2.24) is 0 Å². The van der Waals surface area contributed by atoms with Gasteiger partial charge >= 0.3 is 39.5 Å². The summed E-state index contributed by atoms with van der Waals surface area (Å²) in [5, 5.41) is 10.6. The Labute approximate surface area is 549 Å². The molecule has 0 aliphatic carbocycles. The standard InChI is InChI=1S/C71H138O17P2/c1-5-9-13-17-21-25-28-30-31-32-33-34-36-38-42-46-50-54-58-71(76)88-67(62-82-69(74)56-52-48-44-41-37-35-29-26-22-18-14-10-6-2)64-86-90(79,80)84-60-65(72)59-83-89(77,78)85-63-66(61-81-68(73)55-51-47-43-39-24-20-16-12-8-4)87-70(75)57-53-49-45-40-27-23-19-15-11-7-3/h65-67,72H,5-64H2,1-4H3,(H,77,78)(H,79,80)/t65-,66+,67+/m0/s1. The van der Waals surface area contributed by atoms with Crippen LogP contribution in [0, 0.1) is 0 Å². The predicted molar refractivity (Wildman–Crippen MR) is 363 cm³/mol. The number of unbranched alkanes of at least 4 members (excludes halogenated alkanes) is 46. The molecule has 0 fully saturated rings. The molecule has 0 aliphatic rings. The van der Waals surface area contributed by atoms with E-state index in [1.807, 2.05) is 0 Å². The molecule has 0 aromatic rings. The lowest BCUT2D eigenvalue weighted by molar-refractivity contribution is -0.161. The molecule has 0 saturated carbocycles. The highest BCUT2D eigenvalue weighted by Crippen LogP contribution is 2.45. The third-order valence-corrected chi connectivity index (χ3v) is 18.5. The number of aliphatic hydroxyl groups excluding tert-OH is 1. The second-order valence-corrected chi connectivity index (χ2v) is 28.5. The van der Waals surface area contributed by atoms with Crippen LogP contribution in [-0.4, -0.2) is 96.7 Å². The monoisotopic (exact) mass is 1320 g/mol. The van der Waals surface area contributed by atoms with E-state index >= 15 is 0 Å². The van der Waals surface area contributed by atoms with Crippen molar-refractivity contribution in [3.8, 4) is 0 Å². The first kappa shape index (κ1) is 88.1. The van der Waals surface area contributed by atoms with E-state index in [1.165, 1.54) is 205 Å². The number of phosphoric acid groups is 2. The van der Waals surface area contributed by atoms with Gasteiger partial charge in [-0.3, -0.25) is 37.3 Å². The Morgan fingerprint density at radius 1 is 0.267 bits per heavy atom. The summed E-state index contributed by atoms with van der Waals surface area (Å²) in [6.45, 7) is 4.93. The molecule has 0 saturated heterocycles. The number of hydrogen-bond donors (Lipinski definition) is 3. The van der Waals surface area contributed by atoms with Gasteiger partial charge in [0, 0.05) is 25.7 Å². The van der Waals surface area contributed by atoms with E-state index in [0.29, 0.717) is 25.7 Å². The Balaban J connectivity index is 5.20. The van der Waals surface area contributed by atoms with Gasteiger partial charge < -0.3 is 33.8 Å². The Hall–Kier alpha value is -1.94. The fraction of sp³-hybridized carbons (Fsp3) is 0.944. The molecule has 19 heteroatoms. The van der Waals surface area contributed by atoms with Gasteiger partial charge in [-0.25, -0.2) is 9.13 Å². The first-order chi connectivity index (χ1) is 43.7. The van der Waals surface area contributed by atoms with Crippen molar-refractivity contribution in [2.45, 2.75) is 393 Å². The Morgan fingerprint density at radius 3 is 0.656 bits per heavy atom. The molecular weight excluding hydrogens is 1190 g/mol. The minimum atomic E-state index is -4.95. The molecule has 534 valence electrons. The zero-order chi connectivity index (χ0) is 66.1. The molecule has 3 N–H and O–H groups in total. The molecule has 0 bridgehead atoms. The molecule has 0 amide bonds. The smallest absolute Gasteiger partial charge is 0.462 e. The van der Waals surface area contributed by atoms with Gasteiger partial charge in [-0.15, -0.1) is 0 Å². The summed E-state index contributed by atoms with van der Waals surface area (Å²) in [6, 6.07) is 0. The number of hydrogen-bond acceptors (Lipinski definition) is 15. The first-order valence-corrected chi connectivity index (χ1v) is 40.3. The first-order valence-electron chi connectivity index (χ1n) is 37.3. The predicted octanol–water partition coefficient (Wildman–Crippen LogP) is 20.7. The van der Waals surface area contributed by atoms with Crippen molar-refractivity contribution >= 4 is 39.5 Å². The van der Waals surface area contributed by atoms with Gasteiger partial charge in [0.2, 0.25) is 0 Å². The third kappa shape index (κ3) is 64.8. The number of phosphoric ester groups is 2. The van der Waals surface area contributed by atoms with Gasteiger partial charge in [-0.05, 0) is 25.7 Å². The zero-order valence-electron chi connectivity index (χ0n) is 58.1. The van der Waals surface area contributed by atoms with Crippen LogP contribution in [0.3, 0.4) is 0 Å². The van der Waals surface area contributed by atoms with Gasteiger partial charge in [0.1, 0.15) is 19.3 Å². The zero-order valence-corrected chi connectivity index (χ0v) is 59.9. The minimum absolute atomic E-state index is 0.107. The van der Waals surface area contributed by atoms with Crippen molar-refractivity contribution in [2.24, 2.45) is 0 Å². The Morgan fingerprint density at radius 2 is 0.444 bits per heavy atom. The van der Waals surface area contributed by atoms with Crippen LogP contribution in [0.15, 0.2) is 0 Å². The molecule has 0 radical (unpaired) electrons. The molecular formula is C71H138O17P2. The van der Waals surface area contributed by atoms with Crippen molar-refractivity contribution in [3.05, 3.63) is 0 Å². The fourth-order valence-corrected chi connectivity index (χ4v) is 12.4. The lowest BCUT2D eigenvalue weighted by Crippen LogP contribution is -2.30. The lowest BCUT2D eigenvalue weighted by atomic mass is 10.0. The number of rotatable bonds is 72. The SMILES string of the molecule is CCCCCCCCCCCCCCCCCCCCC(=O)O[C@H](COC(=O)CCCCCCCCCCCCCCC)COP(=O)(O)OC[C@@H](O)COP(=O)(O)OC[C@@H](COC(=O)CCCCCCCCCCC)OC(=O)CCCCCCCCCCCC. The average molecular weight is 1330 g/mol. The molecule has 0 aliphatic heterocycles. The van der Waals surface area contributed by atoms with E-state index in [0.717, 1.165) is 89.9 Å². The second kappa shape index (κ2) is 65.7. The summed E-state index contributed by atoms with van der Waals surface area (Å²) in [4.78, 5) is 72.5. The van der Waals surface area contributed by atoms with E-state index in [-0.39, 0.29) is 25.7 Å². The number of ether oxygens (including phenoxy) is 4. The van der Waals surface area contributed by atoms with Crippen molar-refractivity contribution in [2.75, 3.05) is 39.6 Å². The summed E-state index contributed by atoms with van der Waals surface area (Å²) in [5.74, 6) is -2.12. The van der Waals surface area contributed by atoms with Crippen LogP contribution in [-0.2, 0) is 65.4 Å². The molecule has 0 heterocycles. The maximum atomic E-state index is 13.0. The fourth-order valence-electron chi connectivity index (χ4n) is 10.9. The number of carbonyl (C=O) groups excluding carboxylic acids is 4. The topological polar surface area (TPSA) is 237 Å². The van der Waals surface area contributed by atoms with Crippen LogP contribution in [0.4, 0.5) is 0 Å². The van der Waals surface area contributed by atoms with Crippen molar-refractivity contribution in [3.63, 3.8) is 0 Å². The van der Waals surface area contributed by atoms with E-state index < -0.39 is 97.5 Å². The van der Waals surface area contributed by atoms with Gasteiger partial charge in [0.25, 0.3) is 0 Å². The van der Waals surface area contributed by atoms with E-state index in [9.17, 15) is 43.2 Å². The summed E-state index contributed by atoms with van der Waals surface area (Å²) in [5.41, 5.74) is 0. The summed E-state index contributed by atoms with van der Waals surface area (Å²) >= 11 is 0. The number of carbonyl (C=O) groups is 4. The molecule has 2 unspecified atom stereocenters. The summed E-state index contributed by atoms with van der Waals surface area (Å²) in [6.07, 6.45) is 54.0. The quantitative estimate of drug-likeness (QED) is 0.0222. The van der Waals surface area contributed by atoms with Crippen LogP contribution in [0.5, 0.6) is 0 Å². The molecule has 90 heavy (non-hydrogen) atoms. The molecule has 17 nitrogen and oxygen atoms in total.